The zero-order chi connectivity index (χ0) is 18.1. The van der Waals surface area contributed by atoms with Gasteiger partial charge in [-0.15, -0.1) is 0 Å². The molecule has 0 radical (unpaired) electrons. The maximum atomic E-state index is 13.1. The number of piperazine rings is 1. The van der Waals surface area contributed by atoms with Crippen LogP contribution in [0.3, 0.4) is 0 Å². The number of fused-ring (bicyclic) bond motifs is 1. The van der Waals surface area contributed by atoms with Crippen LogP contribution in [0, 0.1) is 6.92 Å². The average molecular weight is 349 g/mol. The molecule has 2 aliphatic heterocycles. The van der Waals surface area contributed by atoms with E-state index < -0.39 is 0 Å². The Bertz CT molecular complexity index is 795. The van der Waals surface area contributed by atoms with Gasteiger partial charge in [-0.3, -0.25) is 9.69 Å². The van der Waals surface area contributed by atoms with Crippen molar-refractivity contribution in [3.63, 3.8) is 0 Å². The lowest BCUT2D eigenvalue weighted by Gasteiger charge is -2.40. The van der Waals surface area contributed by atoms with E-state index in [-0.39, 0.29) is 11.9 Å². The molecule has 2 aliphatic rings. The number of amides is 1. The van der Waals surface area contributed by atoms with Crippen LogP contribution >= 0.6 is 0 Å². The summed E-state index contributed by atoms with van der Waals surface area (Å²) in [6, 6.07) is 16.8. The van der Waals surface area contributed by atoms with Crippen LogP contribution in [0.4, 0.5) is 11.4 Å². The Morgan fingerprint density at radius 3 is 2.27 bits per heavy atom. The molecular weight excluding hydrogens is 322 g/mol. The first-order valence-corrected chi connectivity index (χ1v) is 9.59. The lowest BCUT2D eigenvalue weighted by Crippen LogP contribution is -2.54. The van der Waals surface area contributed by atoms with Gasteiger partial charge in [-0.05, 0) is 43.5 Å². The van der Waals surface area contributed by atoms with Crippen molar-refractivity contribution >= 4 is 17.3 Å². The van der Waals surface area contributed by atoms with Gasteiger partial charge in [0.05, 0.1) is 6.04 Å². The molecule has 1 saturated heterocycles. The molecule has 2 heterocycles. The number of benzene rings is 2. The SMILES string of the molecule is Cc1ccccc1N1CCN(C(C)C(=O)N2CCc3ccccc32)CC1. The average Bonchev–Trinajstić information content (AvgIpc) is 3.11. The molecule has 0 aromatic heterocycles. The van der Waals surface area contributed by atoms with Crippen molar-refractivity contribution in [3.05, 3.63) is 59.7 Å². The predicted molar refractivity (Wildman–Crippen MR) is 107 cm³/mol. The van der Waals surface area contributed by atoms with Gasteiger partial charge < -0.3 is 9.80 Å². The summed E-state index contributed by atoms with van der Waals surface area (Å²) in [5, 5.41) is 0. The third kappa shape index (κ3) is 3.10. The summed E-state index contributed by atoms with van der Waals surface area (Å²) in [5.74, 6) is 0.235. The zero-order valence-electron chi connectivity index (χ0n) is 15.7. The van der Waals surface area contributed by atoms with Gasteiger partial charge in [-0.2, -0.15) is 0 Å². The van der Waals surface area contributed by atoms with E-state index in [0.717, 1.165) is 44.8 Å². The molecule has 1 amide bonds. The smallest absolute Gasteiger partial charge is 0.244 e. The van der Waals surface area contributed by atoms with Crippen LogP contribution < -0.4 is 9.80 Å². The van der Waals surface area contributed by atoms with E-state index in [4.69, 9.17) is 0 Å². The zero-order valence-corrected chi connectivity index (χ0v) is 15.7. The first-order valence-electron chi connectivity index (χ1n) is 9.59. The molecule has 26 heavy (non-hydrogen) atoms. The number of hydrogen-bond acceptors (Lipinski definition) is 3. The van der Waals surface area contributed by atoms with Crippen LogP contribution in [-0.2, 0) is 11.2 Å². The minimum absolute atomic E-state index is 0.0693. The largest absolute Gasteiger partial charge is 0.369 e. The summed E-state index contributed by atoms with van der Waals surface area (Å²) in [4.78, 5) is 19.8. The standard InChI is InChI=1S/C22H27N3O/c1-17-7-3-5-9-20(17)24-15-13-23(14-16-24)18(2)22(26)25-12-11-19-8-4-6-10-21(19)25/h3-10,18H,11-16H2,1-2H3. The topological polar surface area (TPSA) is 26.8 Å². The molecule has 0 saturated carbocycles. The van der Waals surface area contributed by atoms with Gasteiger partial charge in [-0.1, -0.05) is 36.4 Å². The lowest BCUT2D eigenvalue weighted by atomic mass is 10.1. The van der Waals surface area contributed by atoms with Crippen molar-refractivity contribution in [2.24, 2.45) is 0 Å². The summed E-state index contributed by atoms with van der Waals surface area (Å²) in [5.41, 5.74) is 5.03. The minimum atomic E-state index is -0.0693. The highest BCUT2D eigenvalue weighted by Gasteiger charge is 2.32. The van der Waals surface area contributed by atoms with Gasteiger partial charge >= 0.3 is 0 Å². The van der Waals surface area contributed by atoms with Crippen molar-refractivity contribution < 1.29 is 4.79 Å². The monoisotopic (exact) mass is 349 g/mol. The molecule has 1 atom stereocenters. The van der Waals surface area contributed by atoms with Crippen molar-refractivity contribution in [2.75, 3.05) is 42.5 Å². The maximum absolute atomic E-state index is 13.1. The molecule has 4 heteroatoms. The first kappa shape index (κ1) is 17.1. The fourth-order valence-electron chi connectivity index (χ4n) is 4.22. The molecule has 0 bridgehead atoms. The summed E-state index contributed by atoms with van der Waals surface area (Å²) >= 11 is 0. The number of aryl methyl sites for hydroxylation is 1. The van der Waals surface area contributed by atoms with E-state index in [0.29, 0.717) is 0 Å². The van der Waals surface area contributed by atoms with Gasteiger partial charge in [-0.25, -0.2) is 0 Å². The molecule has 0 spiro atoms. The molecule has 1 unspecified atom stereocenters. The molecule has 0 aliphatic carbocycles. The second-order valence-electron chi connectivity index (χ2n) is 7.35. The number of carbonyl (C=O) groups excluding carboxylic acids is 1. The van der Waals surface area contributed by atoms with Crippen molar-refractivity contribution in [2.45, 2.75) is 26.3 Å². The van der Waals surface area contributed by atoms with E-state index >= 15 is 0 Å². The van der Waals surface area contributed by atoms with E-state index in [1.54, 1.807) is 0 Å². The van der Waals surface area contributed by atoms with Crippen molar-refractivity contribution in [3.8, 4) is 0 Å². The van der Waals surface area contributed by atoms with Gasteiger partial charge in [0.25, 0.3) is 0 Å². The van der Waals surface area contributed by atoms with Crippen molar-refractivity contribution in [1.82, 2.24) is 4.90 Å². The fourth-order valence-corrected chi connectivity index (χ4v) is 4.22. The van der Waals surface area contributed by atoms with Crippen LogP contribution in [0.2, 0.25) is 0 Å². The number of anilines is 2. The van der Waals surface area contributed by atoms with Crippen LogP contribution in [0.1, 0.15) is 18.1 Å². The number of carbonyl (C=O) groups is 1. The van der Waals surface area contributed by atoms with E-state index in [1.165, 1.54) is 16.8 Å². The third-order valence-electron chi connectivity index (χ3n) is 5.83. The normalized spacial score (nSPS) is 18.7. The maximum Gasteiger partial charge on any atom is 0.244 e. The molecular formula is C22H27N3O. The van der Waals surface area contributed by atoms with E-state index in [1.807, 2.05) is 11.0 Å². The molecule has 4 rings (SSSR count). The Hall–Kier alpha value is -2.33. The number of rotatable bonds is 3. The highest BCUT2D eigenvalue weighted by Crippen LogP contribution is 2.29. The first-order chi connectivity index (χ1) is 12.6. The fraction of sp³-hybridized carbons (Fsp3) is 0.409. The lowest BCUT2D eigenvalue weighted by molar-refractivity contribution is -0.123. The Labute approximate surface area is 156 Å². The number of hydrogen-bond donors (Lipinski definition) is 0. The molecule has 2 aromatic carbocycles. The van der Waals surface area contributed by atoms with Gasteiger partial charge in [0.15, 0.2) is 0 Å². The molecule has 0 N–H and O–H groups in total. The van der Waals surface area contributed by atoms with E-state index in [2.05, 4.69) is 66.1 Å². The Morgan fingerprint density at radius 2 is 1.54 bits per heavy atom. The van der Waals surface area contributed by atoms with Crippen LogP contribution in [-0.4, -0.2) is 49.6 Å². The third-order valence-corrected chi connectivity index (χ3v) is 5.83. The van der Waals surface area contributed by atoms with Crippen LogP contribution in [0.25, 0.3) is 0 Å². The Kier molecular flexibility index (Phi) is 4.68. The number of para-hydroxylation sites is 2. The minimum Gasteiger partial charge on any atom is -0.369 e. The van der Waals surface area contributed by atoms with Gasteiger partial charge in [0, 0.05) is 44.1 Å². The van der Waals surface area contributed by atoms with Gasteiger partial charge in [0.2, 0.25) is 5.91 Å². The molecule has 4 nitrogen and oxygen atoms in total. The highest BCUT2D eigenvalue weighted by molar-refractivity contribution is 5.98. The Morgan fingerprint density at radius 1 is 0.885 bits per heavy atom. The summed E-state index contributed by atoms with van der Waals surface area (Å²) < 4.78 is 0. The second kappa shape index (κ2) is 7.12. The van der Waals surface area contributed by atoms with Crippen LogP contribution in [0.15, 0.2) is 48.5 Å². The summed E-state index contributed by atoms with van der Waals surface area (Å²) in [7, 11) is 0. The van der Waals surface area contributed by atoms with Gasteiger partial charge in [0.1, 0.15) is 0 Å². The molecule has 2 aromatic rings. The predicted octanol–water partition coefficient (Wildman–Crippen LogP) is 3.09. The van der Waals surface area contributed by atoms with Crippen molar-refractivity contribution in [1.29, 1.82) is 0 Å². The molecule has 136 valence electrons. The second-order valence-corrected chi connectivity index (χ2v) is 7.35. The number of nitrogens with zero attached hydrogens (tertiary/aromatic N) is 3. The summed E-state index contributed by atoms with van der Waals surface area (Å²) in [6.07, 6.45) is 0.968. The quantitative estimate of drug-likeness (QED) is 0.852. The van der Waals surface area contributed by atoms with E-state index in [9.17, 15) is 4.79 Å². The van der Waals surface area contributed by atoms with Crippen LogP contribution in [0.5, 0.6) is 0 Å². The highest BCUT2D eigenvalue weighted by atomic mass is 16.2. The summed E-state index contributed by atoms with van der Waals surface area (Å²) in [6.45, 7) is 8.84. The Balaban J connectivity index is 1.40. The molecule has 1 fully saturated rings.